The number of anilines is 1. The fourth-order valence-electron chi connectivity index (χ4n) is 2.95. The van der Waals surface area contributed by atoms with E-state index in [1.807, 2.05) is 18.4 Å². The highest BCUT2D eigenvalue weighted by Crippen LogP contribution is 2.27. The Balaban J connectivity index is 1.75. The quantitative estimate of drug-likeness (QED) is 0.559. The van der Waals surface area contributed by atoms with Crippen molar-refractivity contribution in [3.63, 3.8) is 0 Å². The molecule has 0 aliphatic heterocycles. The molecule has 0 bridgehead atoms. The van der Waals surface area contributed by atoms with Gasteiger partial charge in [0.05, 0.1) is 12.1 Å². The summed E-state index contributed by atoms with van der Waals surface area (Å²) in [5.41, 5.74) is 3.51. The number of rotatable bonds is 7. The molecule has 28 heavy (non-hydrogen) atoms. The SMILES string of the molecule is CC(=O)c1cccc(NC(=O)[C@@H](C)N[C@@H](c2ccc(C)cc2)c2cccs2)c1. The smallest absolute Gasteiger partial charge is 0.241 e. The van der Waals surface area contributed by atoms with Crippen molar-refractivity contribution in [1.82, 2.24) is 5.32 Å². The van der Waals surface area contributed by atoms with Gasteiger partial charge in [0, 0.05) is 16.1 Å². The van der Waals surface area contributed by atoms with Crippen LogP contribution in [0, 0.1) is 6.92 Å². The highest BCUT2D eigenvalue weighted by atomic mass is 32.1. The van der Waals surface area contributed by atoms with Gasteiger partial charge in [0.25, 0.3) is 0 Å². The maximum absolute atomic E-state index is 12.7. The van der Waals surface area contributed by atoms with Crippen LogP contribution in [-0.2, 0) is 4.79 Å². The van der Waals surface area contributed by atoms with Crippen LogP contribution in [0.1, 0.15) is 46.3 Å². The lowest BCUT2D eigenvalue weighted by Crippen LogP contribution is -2.40. The molecule has 0 saturated carbocycles. The zero-order chi connectivity index (χ0) is 20.1. The van der Waals surface area contributed by atoms with Gasteiger partial charge in [-0.1, -0.05) is 48.0 Å². The van der Waals surface area contributed by atoms with Crippen LogP contribution in [0.15, 0.2) is 66.0 Å². The molecule has 5 heteroatoms. The van der Waals surface area contributed by atoms with Crippen molar-refractivity contribution in [3.05, 3.63) is 87.6 Å². The summed E-state index contributed by atoms with van der Waals surface area (Å²) in [5.74, 6) is -0.172. The molecule has 0 saturated heterocycles. The largest absolute Gasteiger partial charge is 0.325 e. The van der Waals surface area contributed by atoms with Crippen molar-refractivity contribution in [2.45, 2.75) is 32.9 Å². The van der Waals surface area contributed by atoms with Gasteiger partial charge in [-0.3, -0.25) is 14.9 Å². The molecular weight excluding hydrogens is 368 g/mol. The predicted molar refractivity (Wildman–Crippen MR) is 115 cm³/mol. The van der Waals surface area contributed by atoms with E-state index in [2.05, 4.69) is 47.9 Å². The standard InChI is InChI=1S/C23H24N2O2S/c1-15-9-11-18(12-10-15)22(21-8-5-13-28-21)24-16(2)23(27)25-20-7-4-6-19(14-20)17(3)26/h4-14,16,22,24H,1-3H3,(H,25,27)/t16-,22+/m1/s1. The highest BCUT2D eigenvalue weighted by molar-refractivity contribution is 7.10. The number of amides is 1. The molecule has 2 N–H and O–H groups in total. The molecule has 0 unspecified atom stereocenters. The van der Waals surface area contributed by atoms with Gasteiger partial charge >= 0.3 is 0 Å². The molecule has 0 radical (unpaired) electrons. The van der Waals surface area contributed by atoms with E-state index in [-0.39, 0.29) is 17.7 Å². The number of hydrogen-bond acceptors (Lipinski definition) is 4. The third kappa shape index (κ3) is 4.94. The van der Waals surface area contributed by atoms with Gasteiger partial charge in [-0.2, -0.15) is 0 Å². The van der Waals surface area contributed by atoms with Crippen LogP contribution < -0.4 is 10.6 Å². The number of Topliss-reactive ketones (excluding diaryl/α,β-unsaturated/α-hetero) is 1. The van der Waals surface area contributed by atoms with E-state index >= 15 is 0 Å². The average molecular weight is 393 g/mol. The molecule has 0 aliphatic carbocycles. The second-order valence-electron chi connectivity index (χ2n) is 6.87. The Morgan fingerprint density at radius 2 is 1.75 bits per heavy atom. The molecule has 1 heterocycles. The third-order valence-electron chi connectivity index (χ3n) is 4.58. The zero-order valence-electron chi connectivity index (χ0n) is 16.2. The second kappa shape index (κ2) is 8.95. The van der Waals surface area contributed by atoms with E-state index in [0.717, 1.165) is 10.4 Å². The van der Waals surface area contributed by atoms with Crippen LogP contribution in [-0.4, -0.2) is 17.7 Å². The summed E-state index contributed by atoms with van der Waals surface area (Å²) in [7, 11) is 0. The van der Waals surface area contributed by atoms with Crippen LogP contribution in [0.5, 0.6) is 0 Å². The van der Waals surface area contributed by atoms with Gasteiger partial charge in [0.1, 0.15) is 0 Å². The second-order valence-corrected chi connectivity index (χ2v) is 7.85. The Labute approximate surface area is 169 Å². The first-order chi connectivity index (χ1) is 13.4. The fourth-order valence-corrected chi connectivity index (χ4v) is 3.76. The maximum Gasteiger partial charge on any atom is 0.241 e. The molecule has 3 aromatic rings. The highest BCUT2D eigenvalue weighted by Gasteiger charge is 2.21. The summed E-state index contributed by atoms with van der Waals surface area (Å²) in [5, 5.41) is 8.38. The van der Waals surface area contributed by atoms with Crippen LogP contribution in [0.25, 0.3) is 0 Å². The van der Waals surface area contributed by atoms with Crippen molar-refractivity contribution in [1.29, 1.82) is 0 Å². The van der Waals surface area contributed by atoms with E-state index in [1.54, 1.807) is 35.6 Å². The molecule has 1 amide bonds. The number of carbonyl (C=O) groups excluding carboxylic acids is 2. The van der Waals surface area contributed by atoms with Gasteiger partial charge in [0.2, 0.25) is 5.91 Å². The summed E-state index contributed by atoms with van der Waals surface area (Å²) >= 11 is 1.66. The molecule has 2 atom stereocenters. The van der Waals surface area contributed by atoms with E-state index < -0.39 is 6.04 Å². The van der Waals surface area contributed by atoms with E-state index in [1.165, 1.54) is 12.5 Å². The Bertz CT molecular complexity index is 949. The number of ketones is 1. The molecule has 0 fully saturated rings. The topological polar surface area (TPSA) is 58.2 Å². The number of aryl methyl sites for hydroxylation is 1. The van der Waals surface area contributed by atoms with Gasteiger partial charge in [-0.25, -0.2) is 0 Å². The van der Waals surface area contributed by atoms with Crippen LogP contribution in [0.2, 0.25) is 0 Å². The summed E-state index contributed by atoms with van der Waals surface area (Å²) in [4.78, 5) is 25.4. The predicted octanol–water partition coefficient (Wildman–Crippen LogP) is 4.97. The van der Waals surface area contributed by atoms with Crippen molar-refractivity contribution in [3.8, 4) is 0 Å². The Morgan fingerprint density at radius 3 is 2.39 bits per heavy atom. The molecule has 4 nitrogen and oxygen atoms in total. The number of nitrogens with one attached hydrogen (secondary N) is 2. The maximum atomic E-state index is 12.7. The molecule has 1 aromatic heterocycles. The van der Waals surface area contributed by atoms with Crippen LogP contribution in [0.4, 0.5) is 5.69 Å². The third-order valence-corrected chi connectivity index (χ3v) is 5.52. The first-order valence-electron chi connectivity index (χ1n) is 9.22. The summed E-state index contributed by atoms with van der Waals surface area (Å²) in [6, 6.07) is 18.9. The van der Waals surface area contributed by atoms with Crippen molar-refractivity contribution in [2.24, 2.45) is 0 Å². The molecule has 2 aromatic carbocycles. The Kier molecular flexibility index (Phi) is 6.39. The van der Waals surface area contributed by atoms with Crippen molar-refractivity contribution >= 4 is 28.7 Å². The molecular formula is C23H24N2O2S. The van der Waals surface area contributed by atoms with E-state index in [4.69, 9.17) is 0 Å². The number of hydrogen-bond donors (Lipinski definition) is 2. The van der Waals surface area contributed by atoms with Gasteiger partial charge in [-0.15, -0.1) is 11.3 Å². The molecule has 0 spiro atoms. The lowest BCUT2D eigenvalue weighted by molar-refractivity contribution is -0.117. The minimum Gasteiger partial charge on any atom is -0.325 e. The minimum atomic E-state index is -0.422. The minimum absolute atomic E-state index is 0.0283. The molecule has 3 rings (SSSR count). The lowest BCUT2D eigenvalue weighted by Gasteiger charge is -2.23. The lowest BCUT2D eigenvalue weighted by atomic mass is 10.0. The Morgan fingerprint density at radius 1 is 1.00 bits per heavy atom. The summed E-state index contributed by atoms with van der Waals surface area (Å²) in [6.45, 7) is 5.42. The number of carbonyl (C=O) groups is 2. The fraction of sp³-hybridized carbons (Fsp3) is 0.217. The Hall–Kier alpha value is -2.76. The number of thiophene rings is 1. The first kappa shape index (κ1) is 20.0. The van der Waals surface area contributed by atoms with Gasteiger partial charge < -0.3 is 5.32 Å². The monoisotopic (exact) mass is 392 g/mol. The van der Waals surface area contributed by atoms with E-state index in [0.29, 0.717) is 11.3 Å². The van der Waals surface area contributed by atoms with Crippen LogP contribution in [0.3, 0.4) is 0 Å². The van der Waals surface area contributed by atoms with E-state index in [9.17, 15) is 9.59 Å². The number of benzene rings is 2. The first-order valence-corrected chi connectivity index (χ1v) is 10.1. The average Bonchev–Trinajstić information content (AvgIpc) is 3.21. The van der Waals surface area contributed by atoms with Crippen LogP contribution >= 0.6 is 11.3 Å². The summed E-state index contributed by atoms with van der Waals surface area (Å²) in [6.07, 6.45) is 0. The zero-order valence-corrected chi connectivity index (χ0v) is 17.0. The molecule has 144 valence electrons. The van der Waals surface area contributed by atoms with Crippen molar-refractivity contribution < 1.29 is 9.59 Å². The summed E-state index contributed by atoms with van der Waals surface area (Å²) < 4.78 is 0. The molecule has 0 aliphatic rings. The van der Waals surface area contributed by atoms with Crippen molar-refractivity contribution in [2.75, 3.05) is 5.32 Å². The normalized spacial score (nSPS) is 13.0. The van der Waals surface area contributed by atoms with Gasteiger partial charge in [0.15, 0.2) is 5.78 Å². The van der Waals surface area contributed by atoms with Gasteiger partial charge in [-0.05, 0) is 49.9 Å².